The van der Waals surface area contributed by atoms with Crippen LogP contribution in [0.1, 0.15) is 55.1 Å². The molecule has 1 fully saturated rings. The lowest BCUT2D eigenvalue weighted by Gasteiger charge is -2.37. The summed E-state index contributed by atoms with van der Waals surface area (Å²) in [5.74, 6) is -1.28. The second-order valence-corrected chi connectivity index (χ2v) is 13.2. The number of fused-ring (bicyclic) bond motifs is 2. The molecule has 228 valence electrons. The number of rotatable bonds is 7. The van der Waals surface area contributed by atoms with Crippen molar-refractivity contribution in [1.29, 1.82) is 0 Å². The average molecular weight is 621 g/mol. The molecule has 1 aliphatic heterocycles. The van der Waals surface area contributed by atoms with E-state index >= 15 is 0 Å². The zero-order valence-electron chi connectivity index (χ0n) is 24.7. The summed E-state index contributed by atoms with van der Waals surface area (Å²) >= 11 is 0. The molecule has 0 radical (unpaired) electrons. The molecule has 2 amide bonds. The van der Waals surface area contributed by atoms with Gasteiger partial charge in [-0.2, -0.15) is 0 Å². The summed E-state index contributed by atoms with van der Waals surface area (Å²) < 4.78 is 12.9. The van der Waals surface area contributed by atoms with Crippen molar-refractivity contribution in [3.05, 3.63) is 131 Å². The molecule has 0 bridgehead atoms. The number of carbonyl (C=O) groups is 3. The van der Waals surface area contributed by atoms with Crippen molar-refractivity contribution >= 4 is 46.7 Å². The Morgan fingerprint density at radius 1 is 0.756 bits per heavy atom. The second kappa shape index (κ2) is 12.4. The fourth-order valence-electron chi connectivity index (χ4n) is 6.31. The lowest BCUT2D eigenvalue weighted by molar-refractivity contribution is 0.0567. The van der Waals surface area contributed by atoms with Crippen LogP contribution in [-0.4, -0.2) is 63.4 Å². The number of nitrogens with zero attached hydrogens (tertiary/aromatic N) is 2. The van der Waals surface area contributed by atoms with Gasteiger partial charge >= 0.3 is 7.60 Å². The molecule has 1 heterocycles. The van der Waals surface area contributed by atoms with Gasteiger partial charge in [0.2, 0.25) is 0 Å². The normalized spacial score (nSPS) is 14.8. The standard InChI is InChI=1S/C36H33N2O6P/c1-37(28-19-21-38(22-20-28)35(40)27-18-17-24-9-2-3-11-26(24)23-27)36(41)32-15-7-6-14-30(32)33(39)34(45(42,43)44)31-16-8-12-25-10-4-5-13-29(25)31/h2-18,23,28,34H,19-22H2,1H3,(H2,42,43,44). The number of ketones is 1. The Morgan fingerprint density at radius 2 is 1.36 bits per heavy atom. The third-order valence-electron chi connectivity index (χ3n) is 8.74. The Kier molecular flexibility index (Phi) is 8.38. The lowest BCUT2D eigenvalue weighted by atomic mass is 9.94. The number of Topliss-reactive ketones (excluding diaryl/α,β-unsaturated/α-hetero) is 1. The SMILES string of the molecule is CN(C(=O)c1ccccc1C(=O)C(c1cccc2ccccc12)P(=O)(O)O)C1CCN(C(=O)c2ccc3ccccc3c2)CC1. The number of benzene rings is 5. The highest BCUT2D eigenvalue weighted by molar-refractivity contribution is 7.53. The summed E-state index contributed by atoms with van der Waals surface area (Å²) in [5, 5.41) is 3.37. The van der Waals surface area contributed by atoms with E-state index in [4.69, 9.17) is 0 Å². The van der Waals surface area contributed by atoms with E-state index in [1.165, 1.54) is 12.1 Å². The molecule has 0 aliphatic carbocycles. The van der Waals surface area contributed by atoms with Gasteiger partial charge in [-0.15, -0.1) is 0 Å². The number of hydrogen-bond donors (Lipinski definition) is 2. The first kappa shape index (κ1) is 30.4. The Balaban J connectivity index is 1.21. The summed E-state index contributed by atoms with van der Waals surface area (Å²) in [4.78, 5) is 65.4. The van der Waals surface area contributed by atoms with Crippen LogP contribution >= 0.6 is 7.60 Å². The van der Waals surface area contributed by atoms with Crippen LogP contribution in [0.5, 0.6) is 0 Å². The topological polar surface area (TPSA) is 115 Å². The molecular weight excluding hydrogens is 587 g/mol. The molecule has 6 rings (SSSR count). The molecule has 0 aromatic heterocycles. The molecule has 0 spiro atoms. The van der Waals surface area contributed by atoms with E-state index in [0.29, 0.717) is 36.9 Å². The van der Waals surface area contributed by atoms with Crippen LogP contribution in [0, 0.1) is 0 Å². The number of hydrogen-bond acceptors (Lipinski definition) is 4. The van der Waals surface area contributed by atoms with Gasteiger partial charge in [-0.25, -0.2) is 0 Å². The van der Waals surface area contributed by atoms with Crippen LogP contribution in [0.25, 0.3) is 21.5 Å². The highest BCUT2D eigenvalue weighted by Gasteiger charge is 2.40. The molecule has 5 aromatic rings. The zero-order chi connectivity index (χ0) is 31.7. The number of likely N-dealkylation sites (tertiary alicyclic amines) is 1. The Hall–Kier alpha value is -4.62. The summed E-state index contributed by atoms with van der Waals surface area (Å²) in [6, 6.07) is 31.7. The second-order valence-electron chi connectivity index (χ2n) is 11.5. The number of amides is 2. The van der Waals surface area contributed by atoms with Crippen molar-refractivity contribution < 1.29 is 28.7 Å². The summed E-state index contributed by atoms with van der Waals surface area (Å²) in [7, 11) is -3.32. The predicted octanol–water partition coefficient (Wildman–Crippen LogP) is 6.47. The Bertz CT molecular complexity index is 1970. The van der Waals surface area contributed by atoms with Crippen molar-refractivity contribution in [2.75, 3.05) is 20.1 Å². The quantitative estimate of drug-likeness (QED) is 0.159. The molecule has 1 saturated heterocycles. The molecule has 8 nitrogen and oxygen atoms in total. The Labute approximate surface area is 261 Å². The van der Waals surface area contributed by atoms with E-state index in [9.17, 15) is 28.7 Å². The van der Waals surface area contributed by atoms with Gasteiger partial charge in [-0.1, -0.05) is 91.0 Å². The molecule has 1 aliphatic rings. The van der Waals surface area contributed by atoms with E-state index in [0.717, 1.165) is 16.2 Å². The van der Waals surface area contributed by atoms with E-state index in [1.54, 1.807) is 53.2 Å². The highest BCUT2D eigenvalue weighted by atomic mass is 31.2. The van der Waals surface area contributed by atoms with E-state index < -0.39 is 24.9 Å². The van der Waals surface area contributed by atoms with Crippen molar-refractivity contribution in [3.63, 3.8) is 0 Å². The van der Waals surface area contributed by atoms with E-state index in [1.807, 2.05) is 60.7 Å². The molecular formula is C36H33N2O6P. The monoisotopic (exact) mass is 620 g/mol. The summed E-state index contributed by atoms with van der Waals surface area (Å²) in [5.41, 5.74) is -0.898. The van der Waals surface area contributed by atoms with Crippen LogP contribution in [0.3, 0.4) is 0 Å². The van der Waals surface area contributed by atoms with Gasteiger partial charge in [0, 0.05) is 37.3 Å². The average Bonchev–Trinajstić information content (AvgIpc) is 3.06. The minimum absolute atomic E-state index is 0.0421. The van der Waals surface area contributed by atoms with Gasteiger partial charge in [0.05, 0.1) is 5.56 Å². The van der Waals surface area contributed by atoms with Crippen LogP contribution in [0.4, 0.5) is 0 Å². The molecule has 1 atom stereocenters. The van der Waals surface area contributed by atoms with E-state index in [-0.39, 0.29) is 28.6 Å². The van der Waals surface area contributed by atoms with Gasteiger partial charge < -0.3 is 19.6 Å². The van der Waals surface area contributed by atoms with Gasteiger partial charge in [-0.05, 0) is 58.1 Å². The highest BCUT2D eigenvalue weighted by Crippen LogP contribution is 2.54. The Morgan fingerprint density at radius 3 is 2.07 bits per heavy atom. The molecule has 0 saturated carbocycles. The number of carbonyl (C=O) groups excluding carboxylic acids is 3. The smallest absolute Gasteiger partial charge is 0.339 e. The minimum atomic E-state index is -4.99. The van der Waals surface area contributed by atoms with Gasteiger partial charge in [0.15, 0.2) is 5.78 Å². The van der Waals surface area contributed by atoms with Gasteiger partial charge in [0.25, 0.3) is 11.8 Å². The third-order valence-corrected chi connectivity index (χ3v) is 9.93. The largest absolute Gasteiger partial charge is 0.340 e. The maximum atomic E-state index is 14.0. The first-order valence-electron chi connectivity index (χ1n) is 14.8. The maximum Gasteiger partial charge on any atom is 0.340 e. The van der Waals surface area contributed by atoms with E-state index in [2.05, 4.69) is 0 Å². The first-order valence-corrected chi connectivity index (χ1v) is 16.5. The minimum Gasteiger partial charge on any atom is -0.339 e. The van der Waals surface area contributed by atoms with Gasteiger partial charge in [0.1, 0.15) is 5.66 Å². The molecule has 9 heteroatoms. The molecule has 1 unspecified atom stereocenters. The molecule has 5 aromatic carbocycles. The van der Waals surface area contributed by atoms with Crippen LogP contribution in [0.2, 0.25) is 0 Å². The fourth-order valence-corrected chi connectivity index (χ4v) is 7.34. The van der Waals surface area contributed by atoms with Crippen molar-refractivity contribution in [1.82, 2.24) is 9.80 Å². The third kappa shape index (κ3) is 6.05. The van der Waals surface area contributed by atoms with Crippen molar-refractivity contribution in [2.24, 2.45) is 0 Å². The van der Waals surface area contributed by atoms with Crippen LogP contribution in [0.15, 0.2) is 109 Å². The molecule has 2 N–H and O–H groups in total. The zero-order valence-corrected chi connectivity index (χ0v) is 25.6. The van der Waals surface area contributed by atoms with Gasteiger partial charge in [-0.3, -0.25) is 18.9 Å². The summed E-state index contributed by atoms with van der Waals surface area (Å²) in [6.45, 7) is 0.936. The van der Waals surface area contributed by atoms with Crippen LogP contribution < -0.4 is 0 Å². The predicted molar refractivity (Wildman–Crippen MR) is 174 cm³/mol. The first-order chi connectivity index (χ1) is 21.6. The van der Waals surface area contributed by atoms with Crippen molar-refractivity contribution in [3.8, 4) is 0 Å². The number of piperidine rings is 1. The molecule has 45 heavy (non-hydrogen) atoms. The van der Waals surface area contributed by atoms with Crippen LogP contribution in [-0.2, 0) is 4.57 Å². The summed E-state index contributed by atoms with van der Waals surface area (Å²) in [6.07, 6.45) is 1.11. The van der Waals surface area contributed by atoms with Crippen molar-refractivity contribution in [2.45, 2.75) is 24.5 Å². The fraction of sp³-hybridized carbons (Fsp3) is 0.194. The lowest BCUT2D eigenvalue weighted by Crippen LogP contribution is -2.47. The maximum absolute atomic E-state index is 14.0.